The third-order valence-electron chi connectivity index (χ3n) is 2.23. The molecule has 1 atom stereocenters. The number of benzene rings is 1. The summed E-state index contributed by atoms with van der Waals surface area (Å²) in [6.45, 7) is 0.416. The molecule has 0 spiro atoms. The molecular weight excluding hydrogens is 230 g/mol. The molecule has 1 aromatic carbocycles. The number of hydrogen-bond acceptors (Lipinski definition) is 3. The molecular formula is C11H14ClNO3. The summed E-state index contributed by atoms with van der Waals surface area (Å²) in [6.07, 6.45) is 0.245. The molecule has 1 aromatic rings. The summed E-state index contributed by atoms with van der Waals surface area (Å²) in [5.41, 5.74) is 7.20. The van der Waals surface area contributed by atoms with E-state index in [1.807, 2.05) is 6.07 Å². The Bertz CT molecular complexity index is 381. The predicted molar refractivity (Wildman–Crippen MR) is 61.5 cm³/mol. The summed E-state index contributed by atoms with van der Waals surface area (Å²) < 4.78 is 5.02. The van der Waals surface area contributed by atoms with Crippen molar-refractivity contribution in [2.75, 3.05) is 7.11 Å². The minimum atomic E-state index is -1.02. The molecule has 0 amide bonds. The molecule has 0 saturated carbocycles. The van der Waals surface area contributed by atoms with Gasteiger partial charge in [0, 0.05) is 12.1 Å². The highest BCUT2D eigenvalue weighted by Gasteiger charge is 2.14. The number of methoxy groups -OCH3 is 1. The van der Waals surface area contributed by atoms with Crippen molar-refractivity contribution in [1.82, 2.24) is 0 Å². The van der Waals surface area contributed by atoms with E-state index in [9.17, 15) is 4.79 Å². The van der Waals surface area contributed by atoms with Gasteiger partial charge in [-0.2, -0.15) is 0 Å². The van der Waals surface area contributed by atoms with Gasteiger partial charge in [-0.3, -0.25) is 4.79 Å². The molecule has 4 nitrogen and oxygen atoms in total. The Morgan fingerprint density at radius 3 is 2.81 bits per heavy atom. The summed E-state index contributed by atoms with van der Waals surface area (Å²) in [6, 6.07) is 4.36. The van der Waals surface area contributed by atoms with Crippen molar-refractivity contribution in [1.29, 1.82) is 0 Å². The highest BCUT2D eigenvalue weighted by atomic mass is 35.5. The maximum Gasteiger partial charge on any atom is 0.320 e. The van der Waals surface area contributed by atoms with E-state index in [1.165, 1.54) is 0 Å². The highest BCUT2D eigenvalue weighted by Crippen LogP contribution is 2.18. The highest BCUT2D eigenvalue weighted by molar-refractivity contribution is 6.30. The fourth-order valence-corrected chi connectivity index (χ4v) is 1.60. The van der Waals surface area contributed by atoms with Crippen LogP contribution < -0.4 is 5.73 Å². The maximum absolute atomic E-state index is 10.7. The fraction of sp³-hybridized carbons (Fsp3) is 0.364. The number of nitrogens with two attached hydrogens (primary N) is 1. The molecule has 0 heterocycles. The molecule has 3 N–H and O–H groups in total. The molecule has 5 heteroatoms. The first-order valence-electron chi connectivity index (χ1n) is 4.79. The Morgan fingerprint density at radius 2 is 2.25 bits per heavy atom. The number of hydrogen-bond donors (Lipinski definition) is 2. The van der Waals surface area contributed by atoms with Crippen molar-refractivity contribution in [3.05, 3.63) is 34.3 Å². The molecule has 0 unspecified atom stereocenters. The molecule has 88 valence electrons. The van der Waals surface area contributed by atoms with E-state index < -0.39 is 12.0 Å². The summed E-state index contributed by atoms with van der Waals surface area (Å²) in [5.74, 6) is -1.02. The SMILES string of the molecule is COCc1ccc(Cl)cc1C[C@H](N)C(=O)O. The first-order chi connectivity index (χ1) is 7.54. The lowest BCUT2D eigenvalue weighted by molar-refractivity contribution is -0.138. The number of ether oxygens (including phenoxy) is 1. The molecule has 0 fully saturated rings. The molecule has 0 aromatic heterocycles. The quantitative estimate of drug-likeness (QED) is 0.821. The zero-order valence-corrected chi connectivity index (χ0v) is 9.70. The van der Waals surface area contributed by atoms with Crippen LogP contribution in [0.4, 0.5) is 0 Å². The van der Waals surface area contributed by atoms with Gasteiger partial charge in [0.2, 0.25) is 0 Å². The number of carboxylic acid groups (broad SMARTS) is 1. The third-order valence-corrected chi connectivity index (χ3v) is 2.46. The average molecular weight is 244 g/mol. The van der Waals surface area contributed by atoms with Crippen LogP contribution in [-0.4, -0.2) is 24.2 Å². The summed E-state index contributed by atoms with van der Waals surface area (Å²) >= 11 is 5.85. The van der Waals surface area contributed by atoms with Gasteiger partial charge in [0.25, 0.3) is 0 Å². The number of carbonyl (C=O) groups is 1. The minimum Gasteiger partial charge on any atom is -0.480 e. The maximum atomic E-state index is 10.7. The molecule has 0 bridgehead atoms. The molecule has 0 aliphatic heterocycles. The second-order valence-corrected chi connectivity index (χ2v) is 3.93. The molecule has 16 heavy (non-hydrogen) atoms. The smallest absolute Gasteiger partial charge is 0.320 e. The van der Waals surface area contributed by atoms with E-state index >= 15 is 0 Å². The number of aliphatic carboxylic acids is 1. The molecule has 0 saturated heterocycles. The van der Waals surface area contributed by atoms with Gasteiger partial charge >= 0.3 is 5.97 Å². The number of halogens is 1. The molecule has 0 aliphatic rings. The van der Waals surface area contributed by atoms with Gasteiger partial charge in [-0.1, -0.05) is 17.7 Å². The van der Waals surface area contributed by atoms with Crippen molar-refractivity contribution in [3.8, 4) is 0 Å². The number of carboxylic acids is 1. The summed E-state index contributed by atoms with van der Waals surface area (Å²) in [4.78, 5) is 10.7. The summed E-state index contributed by atoms with van der Waals surface area (Å²) in [7, 11) is 1.58. The molecule has 1 rings (SSSR count). The Balaban J connectivity index is 2.91. The average Bonchev–Trinajstić information content (AvgIpc) is 2.22. The summed E-state index contributed by atoms with van der Waals surface area (Å²) in [5, 5.41) is 9.31. The van der Waals surface area contributed by atoms with Crippen LogP contribution in [0, 0.1) is 0 Å². The zero-order valence-electron chi connectivity index (χ0n) is 8.94. The largest absolute Gasteiger partial charge is 0.480 e. The van der Waals surface area contributed by atoms with E-state index in [2.05, 4.69) is 0 Å². The van der Waals surface area contributed by atoms with Crippen LogP contribution >= 0.6 is 11.6 Å². The van der Waals surface area contributed by atoms with Crippen LogP contribution in [-0.2, 0) is 22.6 Å². The normalized spacial score (nSPS) is 12.4. The third kappa shape index (κ3) is 3.48. The molecule has 0 aliphatic carbocycles. The van der Waals surface area contributed by atoms with Crippen molar-refractivity contribution in [2.45, 2.75) is 19.1 Å². The van der Waals surface area contributed by atoms with Gasteiger partial charge in [0.05, 0.1) is 6.61 Å². The van der Waals surface area contributed by atoms with E-state index in [0.717, 1.165) is 11.1 Å². The number of rotatable bonds is 5. The van der Waals surface area contributed by atoms with Gasteiger partial charge in [0.1, 0.15) is 6.04 Å². The van der Waals surface area contributed by atoms with E-state index in [4.69, 9.17) is 27.2 Å². The second-order valence-electron chi connectivity index (χ2n) is 3.49. The van der Waals surface area contributed by atoms with Gasteiger partial charge in [-0.25, -0.2) is 0 Å². The monoisotopic (exact) mass is 243 g/mol. The van der Waals surface area contributed by atoms with Crippen LogP contribution in [0.1, 0.15) is 11.1 Å². The van der Waals surface area contributed by atoms with Crippen LogP contribution in [0.3, 0.4) is 0 Å². The van der Waals surface area contributed by atoms with Crippen LogP contribution in [0.2, 0.25) is 5.02 Å². The topological polar surface area (TPSA) is 72.5 Å². The van der Waals surface area contributed by atoms with Gasteiger partial charge in [-0.15, -0.1) is 0 Å². The Kier molecular flexibility index (Phi) is 4.73. The lowest BCUT2D eigenvalue weighted by Gasteiger charge is -2.11. The first kappa shape index (κ1) is 13.0. The second kappa shape index (κ2) is 5.84. The predicted octanol–water partition coefficient (Wildman–Crippen LogP) is 1.44. The van der Waals surface area contributed by atoms with Crippen LogP contribution in [0.15, 0.2) is 18.2 Å². The lowest BCUT2D eigenvalue weighted by atomic mass is 10.0. The van der Waals surface area contributed by atoms with Gasteiger partial charge in [0.15, 0.2) is 0 Å². The van der Waals surface area contributed by atoms with Crippen LogP contribution in [0.25, 0.3) is 0 Å². The van der Waals surface area contributed by atoms with Crippen molar-refractivity contribution >= 4 is 17.6 Å². The van der Waals surface area contributed by atoms with Gasteiger partial charge < -0.3 is 15.6 Å². The van der Waals surface area contributed by atoms with Gasteiger partial charge in [-0.05, 0) is 29.7 Å². The Hall–Kier alpha value is -1.10. The van der Waals surface area contributed by atoms with E-state index in [-0.39, 0.29) is 6.42 Å². The standard InChI is InChI=1S/C11H14ClNO3/c1-16-6-7-2-3-9(12)4-8(7)5-10(13)11(14)15/h2-4,10H,5-6,13H2,1H3,(H,14,15)/t10-/m0/s1. The Labute approximate surface area is 99.0 Å². The van der Waals surface area contributed by atoms with Crippen LogP contribution in [0.5, 0.6) is 0 Å². The zero-order chi connectivity index (χ0) is 12.1. The first-order valence-corrected chi connectivity index (χ1v) is 5.17. The minimum absolute atomic E-state index is 0.245. The molecule has 0 radical (unpaired) electrons. The Morgan fingerprint density at radius 1 is 1.56 bits per heavy atom. The van der Waals surface area contributed by atoms with Crippen molar-refractivity contribution in [3.63, 3.8) is 0 Å². The fourth-order valence-electron chi connectivity index (χ4n) is 1.41. The van der Waals surface area contributed by atoms with Crippen molar-refractivity contribution < 1.29 is 14.6 Å². The van der Waals surface area contributed by atoms with E-state index in [0.29, 0.717) is 11.6 Å². The lowest BCUT2D eigenvalue weighted by Crippen LogP contribution is -2.32. The van der Waals surface area contributed by atoms with Crippen molar-refractivity contribution in [2.24, 2.45) is 5.73 Å². The van der Waals surface area contributed by atoms with E-state index in [1.54, 1.807) is 19.2 Å².